The Morgan fingerprint density at radius 3 is 2.93 bits per heavy atom. The highest BCUT2D eigenvalue weighted by Crippen LogP contribution is 2.32. The second-order valence-corrected chi connectivity index (χ2v) is 6.93. The third-order valence-electron chi connectivity index (χ3n) is 4.96. The van der Waals surface area contributed by atoms with Crippen LogP contribution in [0.4, 0.5) is 10.1 Å². The SMILES string of the molecule is Cc1ccnc(C(=O)N2CCC3(C2)CN(c2cccc(F)c2)C(=O)CO3)n1. The molecule has 2 saturated heterocycles. The van der Waals surface area contributed by atoms with Crippen molar-refractivity contribution in [2.24, 2.45) is 0 Å². The van der Waals surface area contributed by atoms with Crippen LogP contribution in [0.15, 0.2) is 36.5 Å². The number of rotatable bonds is 2. The van der Waals surface area contributed by atoms with Crippen LogP contribution in [0.3, 0.4) is 0 Å². The smallest absolute Gasteiger partial charge is 0.291 e. The fourth-order valence-electron chi connectivity index (χ4n) is 3.55. The van der Waals surface area contributed by atoms with Gasteiger partial charge in [-0.15, -0.1) is 0 Å². The Morgan fingerprint density at radius 1 is 1.30 bits per heavy atom. The molecular formula is C19H19FN4O3. The van der Waals surface area contributed by atoms with Crippen LogP contribution in [-0.4, -0.2) is 58.5 Å². The summed E-state index contributed by atoms with van der Waals surface area (Å²) >= 11 is 0. The summed E-state index contributed by atoms with van der Waals surface area (Å²) in [4.78, 5) is 36.4. The molecule has 1 spiro atoms. The Morgan fingerprint density at radius 2 is 2.15 bits per heavy atom. The van der Waals surface area contributed by atoms with Crippen LogP contribution in [0, 0.1) is 12.7 Å². The van der Waals surface area contributed by atoms with Crippen molar-refractivity contribution in [1.29, 1.82) is 0 Å². The van der Waals surface area contributed by atoms with Crippen LogP contribution in [0.25, 0.3) is 0 Å². The first-order valence-corrected chi connectivity index (χ1v) is 8.75. The topological polar surface area (TPSA) is 75.6 Å². The van der Waals surface area contributed by atoms with Crippen molar-refractivity contribution in [3.8, 4) is 0 Å². The fourth-order valence-corrected chi connectivity index (χ4v) is 3.55. The van der Waals surface area contributed by atoms with E-state index in [4.69, 9.17) is 4.74 Å². The van der Waals surface area contributed by atoms with Crippen molar-refractivity contribution in [2.45, 2.75) is 18.9 Å². The number of aromatic nitrogens is 2. The quantitative estimate of drug-likeness (QED) is 0.802. The van der Waals surface area contributed by atoms with Crippen molar-refractivity contribution in [3.63, 3.8) is 0 Å². The van der Waals surface area contributed by atoms with E-state index in [-0.39, 0.29) is 30.8 Å². The van der Waals surface area contributed by atoms with E-state index >= 15 is 0 Å². The molecule has 2 amide bonds. The highest BCUT2D eigenvalue weighted by molar-refractivity contribution is 5.95. The van der Waals surface area contributed by atoms with Gasteiger partial charge in [-0.25, -0.2) is 14.4 Å². The molecule has 0 saturated carbocycles. The summed E-state index contributed by atoms with van der Waals surface area (Å²) in [6.45, 7) is 2.80. The summed E-state index contributed by atoms with van der Waals surface area (Å²) in [6.07, 6.45) is 2.15. The van der Waals surface area contributed by atoms with Gasteiger partial charge in [-0.05, 0) is 37.6 Å². The average Bonchev–Trinajstić information content (AvgIpc) is 3.07. The zero-order valence-electron chi connectivity index (χ0n) is 14.9. The summed E-state index contributed by atoms with van der Waals surface area (Å²) in [5.74, 6) is -0.729. The van der Waals surface area contributed by atoms with Crippen molar-refractivity contribution < 1.29 is 18.7 Å². The molecule has 1 aromatic carbocycles. The largest absolute Gasteiger partial charge is 0.361 e. The number of carbonyl (C=O) groups is 2. The van der Waals surface area contributed by atoms with E-state index in [2.05, 4.69) is 9.97 Å². The van der Waals surface area contributed by atoms with Gasteiger partial charge in [-0.3, -0.25) is 9.59 Å². The number of hydrogen-bond donors (Lipinski definition) is 0. The molecule has 140 valence electrons. The Labute approximate surface area is 155 Å². The maximum atomic E-state index is 13.6. The molecule has 8 heteroatoms. The minimum absolute atomic E-state index is 0.0977. The van der Waals surface area contributed by atoms with E-state index in [0.717, 1.165) is 5.69 Å². The molecule has 2 aliphatic rings. The van der Waals surface area contributed by atoms with Crippen LogP contribution in [0.2, 0.25) is 0 Å². The van der Waals surface area contributed by atoms with Crippen molar-refractivity contribution >= 4 is 17.5 Å². The fraction of sp³-hybridized carbons (Fsp3) is 0.368. The number of morpholine rings is 1. The number of halogens is 1. The lowest BCUT2D eigenvalue weighted by Gasteiger charge is -2.40. The van der Waals surface area contributed by atoms with Crippen molar-refractivity contribution in [2.75, 3.05) is 31.1 Å². The monoisotopic (exact) mass is 370 g/mol. The first-order chi connectivity index (χ1) is 13.0. The summed E-state index contributed by atoms with van der Waals surface area (Å²) in [6, 6.07) is 7.66. The van der Waals surface area contributed by atoms with Gasteiger partial charge in [0, 0.05) is 24.1 Å². The maximum Gasteiger partial charge on any atom is 0.291 e. The molecule has 2 aliphatic heterocycles. The minimum atomic E-state index is -0.667. The number of aryl methyl sites for hydroxylation is 1. The summed E-state index contributed by atoms with van der Waals surface area (Å²) < 4.78 is 19.4. The molecule has 2 aromatic rings. The van der Waals surface area contributed by atoms with Crippen LogP contribution in [0.1, 0.15) is 22.7 Å². The number of benzene rings is 1. The number of hydrogen-bond acceptors (Lipinski definition) is 5. The van der Waals surface area contributed by atoms with Gasteiger partial charge in [-0.1, -0.05) is 6.07 Å². The van der Waals surface area contributed by atoms with Gasteiger partial charge < -0.3 is 14.5 Å². The van der Waals surface area contributed by atoms with Gasteiger partial charge >= 0.3 is 0 Å². The first-order valence-electron chi connectivity index (χ1n) is 8.75. The van der Waals surface area contributed by atoms with Crippen LogP contribution < -0.4 is 4.90 Å². The highest BCUT2D eigenvalue weighted by Gasteiger charge is 2.47. The standard InChI is InChI=1S/C19H19FN4O3/c1-13-5-7-21-17(22-13)18(26)23-8-6-19(11-23)12-24(16(25)10-27-19)15-4-2-3-14(20)9-15/h2-5,7,9H,6,8,10-12H2,1H3. The molecule has 3 heterocycles. The highest BCUT2D eigenvalue weighted by atomic mass is 19.1. The van der Waals surface area contributed by atoms with Gasteiger partial charge in [0.1, 0.15) is 18.0 Å². The molecule has 1 atom stereocenters. The summed E-state index contributed by atoms with van der Waals surface area (Å²) in [5, 5.41) is 0. The molecule has 0 bridgehead atoms. The zero-order valence-corrected chi connectivity index (χ0v) is 14.9. The third-order valence-corrected chi connectivity index (χ3v) is 4.96. The molecule has 0 N–H and O–H groups in total. The average molecular weight is 370 g/mol. The van der Waals surface area contributed by atoms with Gasteiger partial charge in [0.15, 0.2) is 0 Å². The molecule has 7 nitrogen and oxygen atoms in total. The van der Waals surface area contributed by atoms with E-state index in [1.807, 2.05) is 0 Å². The summed E-state index contributed by atoms with van der Waals surface area (Å²) in [7, 11) is 0. The maximum absolute atomic E-state index is 13.6. The molecule has 1 aromatic heterocycles. The van der Waals surface area contributed by atoms with Gasteiger partial charge in [0.25, 0.3) is 11.8 Å². The predicted molar refractivity (Wildman–Crippen MR) is 94.7 cm³/mol. The Hall–Kier alpha value is -2.87. The number of ether oxygens (including phenoxy) is 1. The third kappa shape index (κ3) is 3.40. The number of likely N-dealkylation sites (tertiary alicyclic amines) is 1. The first kappa shape index (κ1) is 17.5. The van der Waals surface area contributed by atoms with Gasteiger partial charge in [0.2, 0.25) is 5.82 Å². The van der Waals surface area contributed by atoms with E-state index in [0.29, 0.717) is 25.2 Å². The van der Waals surface area contributed by atoms with Crippen molar-refractivity contribution in [1.82, 2.24) is 14.9 Å². The van der Waals surface area contributed by atoms with Crippen LogP contribution in [0.5, 0.6) is 0 Å². The lowest BCUT2D eigenvalue weighted by atomic mass is 10.00. The molecule has 2 fully saturated rings. The number of nitrogens with zero attached hydrogens (tertiary/aromatic N) is 4. The van der Waals surface area contributed by atoms with Crippen molar-refractivity contribution in [3.05, 3.63) is 53.9 Å². The lowest BCUT2D eigenvalue weighted by Crippen LogP contribution is -2.56. The Bertz CT molecular complexity index is 906. The van der Waals surface area contributed by atoms with E-state index in [1.54, 1.807) is 36.2 Å². The second kappa shape index (κ2) is 6.70. The number of amides is 2. The predicted octanol–water partition coefficient (Wildman–Crippen LogP) is 1.57. The van der Waals surface area contributed by atoms with Gasteiger partial charge in [0.05, 0.1) is 13.1 Å². The van der Waals surface area contributed by atoms with Gasteiger partial charge in [-0.2, -0.15) is 0 Å². The Kier molecular flexibility index (Phi) is 4.35. The van der Waals surface area contributed by atoms with Crippen LogP contribution in [-0.2, 0) is 9.53 Å². The number of anilines is 1. The molecule has 0 radical (unpaired) electrons. The van der Waals surface area contributed by atoms with E-state index in [1.165, 1.54) is 17.0 Å². The molecule has 1 unspecified atom stereocenters. The summed E-state index contributed by atoms with van der Waals surface area (Å²) in [5.41, 5.74) is 0.549. The minimum Gasteiger partial charge on any atom is -0.361 e. The number of carbonyl (C=O) groups excluding carboxylic acids is 2. The van der Waals surface area contributed by atoms with Crippen LogP contribution >= 0.6 is 0 Å². The zero-order chi connectivity index (χ0) is 19.0. The molecule has 4 rings (SSSR count). The molecule has 0 aliphatic carbocycles. The van der Waals surface area contributed by atoms with E-state index in [9.17, 15) is 14.0 Å². The molecule has 27 heavy (non-hydrogen) atoms. The lowest BCUT2D eigenvalue weighted by molar-refractivity contribution is -0.137. The normalized spacial score (nSPS) is 22.5. The van der Waals surface area contributed by atoms with E-state index < -0.39 is 11.4 Å². The second-order valence-electron chi connectivity index (χ2n) is 6.93. The molecular weight excluding hydrogens is 351 g/mol. The Balaban J connectivity index is 1.52.